The molecule has 0 saturated heterocycles. The average molecular weight is 410 g/mol. The number of nitrogens with one attached hydrogen (secondary N) is 1. The number of imidazole rings is 1. The molecule has 1 amide bonds. The van der Waals surface area contributed by atoms with Gasteiger partial charge in [-0.1, -0.05) is 30.7 Å². The lowest BCUT2D eigenvalue weighted by Crippen LogP contribution is -2.20. The van der Waals surface area contributed by atoms with Crippen LogP contribution >= 0.6 is 0 Å². The molecule has 2 aromatic carbocycles. The number of aromatic nitrogens is 2. The minimum Gasteiger partial charge on any atom is -0.493 e. The van der Waals surface area contributed by atoms with E-state index < -0.39 is 0 Å². The molecule has 0 aliphatic rings. The number of rotatable bonds is 12. The van der Waals surface area contributed by atoms with Gasteiger partial charge >= 0.3 is 0 Å². The second kappa shape index (κ2) is 11.2. The van der Waals surface area contributed by atoms with E-state index in [2.05, 4.69) is 28.1 Å². The molecule has 1 aromatic heterocycles. The number of fused-ring (bicyclic) bond motifs is 1. The summed E-state index contributed by atoms with van der Waals surface area (Å²) in [5, 5.41) is 2.85. The molecule has 0 aliphatic heterocycles. The molecule has 160 valence electrons. The van der Waals surface area contributed by atoms with Gasteiger partial charge in [0.1, 0.15) is 5.82 Å². The molecule has 0 unspecified atom stereocenters. The van der Waals surface area contributed by atoms with Gasteiger partial charge in [0.05, 0.1) is 24.8 Å². The molecule has 0 aliphatic carbocycles. The number of amides is 1. The molecular weight excluding hydrogens is 378 g/mol. The number of nitrogens with zero attached hydrogens (tertiary/aromatic N) is 2. The van der Waals surface area contributed by atoms with Crippen LogP contribution in [-0.2, 0) is 17.8 Å². The Bertz CT molecular complexity index is 952. The van der Waals surface area contributed by atoms with Crippen LogP contribution < -0.4 is 14.8 Å². The van der Waals surface area contributed by atoms with E-state index in [1.165, 1.54) is 5.52 Å². The number of carbonyl (C=O) groups is 1. The van der Waals surface area contributed by atoms with Gasteiger partial charge in [0, 0.05) is 26.4 Å². The summed E-state index contributed by atoms with van der Waals surface area (Å²) in [6.07, 6.45) is 4.93. The molecule has 0 radical (unpaired) electrons. The van der Waals surface area contributed by atoms with Crippen molar-refractivity contribution in [2.75, 3.05) is 20.3 Å². The minimum atomic E-state index is 0.0344. The number of unbranched alkanes of at least 4 members (excludes halogenated alkanes) is 2. The molecule has 3 aromatic rings. The number of ether oxygens (including phenoxy) is 2. The first-order chi connectivity index (χ1) is 14.7. The number of carbonyl (C=O) groups excluding carboxylic acids is 1. The third-order valence-corrected chi connectivity index (χ3v) is 5.04. The van der Waals surface area contributed by atoms with Crippen LogP contribution in [0.4, 0.5) is 0 Å². The fourth-order valence-corrected chi connectivity index (χ4v) is 3.56. The van der Waals surface area contributed by atoms with Crippen LogP contribution in [0.25, 0.3) is 11.0 Å². The fourth-order valence-electron chi connectivity index (χ4n) is 3.56. The molecule has 0 bridgehead atoms. The first-order valence-electron chi connectivity index (χ1n) is 10.6. The van der Waals surface area contributed by atoms with Gasteiger partial charge in [-0.25, -0.2) is 4.98 Å². The van der Waals surface area contributed by atoms with E-state index in [9.17, 15) is 4.79 Å². The van der Waals surface area contributed by atoms with Crippen LogP contribution in [-0.4, -0.2) is 35.7 Å². The van der Waals surface area contributed by atoms with Gasteiger partial charge < -0.3 is 19.4 Å². The molecule has 1 heterocycles. The number of methoxy groups -OCH3 is 1. The van der Waals surface area contributed by atoms with E-state index in [1.807, 2.05) is 30.3 Å². The molecular formula is C24H31N3O3. The van der Waals surface area contributed by atoms with Crippen LogP contribution in [0.15, 0.2) is 48.5 Å². The fraction of sp³-hybridized carbons (Fsp3) is 0.417. The zero-order valence-electron chi connectivity index (χ0n) is 17.9. The smallest absolute Gasteiger partial charge is 0.216 e. The molecule has 0 spiro atoms. The predicted octanol–water partition coefficient (Wildman–Crippen LogP) is 4.36. The highest BCUT2D eigenvalue weighted by Gasteiger charge is 2.10. The second-order valence-corrected chi connectivity index (χ2v) is 7.31. The maximum atomic E-state index is 11.0. The van der Waals surface area contributed by atoms with Crippen molar-refractivity contribution in [3.05, 3.63) is 54.4 Å². The number of aryl methyl sites for hydroxylation is 2. The Kier molecular flexibility index (Phi) is 8.12. The van der Waals surface area contributed by atoms with Crippen molar-refractivity contribution < 1.29 is 14.3 Å². The highest BCUT2D eigenvalue weighted by atomic mass is 16.5. The summed E-state index contributed by atoms with van der Waals surface area (Å²) in [6.45, 7) is 3.77. The van der Waals surface area contributed by atoms with E-state index in [0.29, 0.717) is 6.61 Å². The number of hydrogen-bond donors (Lipinski definition) is 1. The Morgan fingerprint density at radius 2 is 1.77 bits per heavy atom. The molecule has 1 N–H and O–H groups in total. The third-order valence-electron chi connectivity index (χ3n) is 5.04. The van der Waals surface area contributed by atoms with Crippen molar-refractivity contribution in [1.29, 1.82) is 0 Å². The van der Waals surface area contributed by atoms with Gasteiger partial charge in [-0.2, -0.15) is 0 Å². The van der Waals surface area contributed by atoms with Crippen molar-refractivity contribution in [3.8, 4) is 11.5 Å². The molecule has 6 nitrogen and oxygen atoms in total. The first-order valence-corrected chi connectivity index (χ1v) is 10.6. The van der Waals surface area contributed by atoms with Crippen LogP contribution in [0.5, 0.6) is 11.5 Å². The summed E-state index contributed by atoms with van der Waals surface area (Å²) in [5.74, 6) is 2.68. The maximum Gasteiger partial charge on any atom is 0.216 e. The number of para-hydroxylation sites is 4. The summed E-state index contributed by atoms with van der Waals surface area (Å²) in [7, 11) is 1.66. The molecule has 0 fully saturated rings. The van der Waals surface area contributed by atoms with E-state index in [-0.39, 0.29) is 5.91 Å². The second-order valence-electron chi connectivity index (χ2n) is 7.31. The molecule has 6 heteroatoms. The molecule has 0 atom stereocenters. The highest BCUT2D eigenvalue weighted by Crippen LogP contribution is 2.26. The lowest BCUT2D eigenvalue weighted by atomic mass is 10.2. The largest absolute Gasteiger partial charge is 0.493 e. The van der Waals surface area contributed by atoms with Crippen LogP contribution in [0.2, 0.25) is 0 Å². The Morgan fingerprint density at radius 1 is 1.00 bits per heavy atom. The van der Waals surface area contributed by atoms with Crippen LogP contribution in [0, 0.1) is 0 Å². The SMILES string of the molecule is COc1ccccc1OCCCn1c(CCCCCNC(C)=O)nc2ccccc21. The van der Waals surface area contributed by atoms with Crippen LogP contribution in [0.1, 0.15) is 38.4 Å². The lowest BCUT2D eigenvalue weighted by molar-refractivity contribution is -0.118. The van der Waals surface area contributed by atoms with Crippen molar-refractivity contribution in [3.63, 3.8) is 0 Å². The quantitative estimate of drug-likeness (QED) is 0.451. The van der Waals surface area contributed by atoms with Gasteiger partial charge in [-0.3, -0.25) is 4.79 Å². The number of hydrogen-bond acceptors (Lipinski definition) is 4. The minimum absolute atomic E-state index is 0.0344. The van der Waals surface area contributed by atoms with E-state index in [0.717, 1.165) is 68.0 Å². The molecule has 0 saturated carbocycles. The van der Waals surface area contributed by atoms with Gasteiger partial charge in [0.2, 0.25) is 5.91 Å². The lowest BCUT2D eigenvalue weighted by Gasteiger charge is -2.12. The van der Waals surface area contributed by atoms with Crippen molar-refractivity contribution in [2.24, 2.45) is 0 Å². The monoisotopic (exact) mass is 409 g/mol. The van der Waals surface area contributed by atoms with E-state index >= 15 is 0 Å². The summed E-state index contributed by atoms with van der Waals surface area (Å²) in [6, 6.07) is 16.0. The Labute approximate surface area is 178 Å². The predicted molar refractivity (Wildman–Crippen MR) is 119 cm³/mol. The van der Waals surface area contributed by atoms with Gasteiger partial charge in [0.15, 0.2) is 11.5 Å². The molecule has 30 heavy (non-hydrogen) atoms. The van der Waals surface area contributed by atoms with Gasteiger partial charge in [-0.05, 0) is 43.5 Å². The summed E-state index contributed by atoms with van der Waals surface area (Å²) < 4.78 is 13.6. The standard InChI is InChI=1S/C24H31N3O3/c1-19(28)25-16-9-3-4-15-24-26-20-11-5-6-12-21(20)27(24)17-10-18-30-23-14-8-7-13-22(23)29-2/h5-8,11-14H,3-4,9-10,15-18H2,1-2H3,(H,25,28). The Balaban J connectivity index is 1.55. The maximum absolute atomic E-state index is 11.0. The van der Waals surface area contributed by atoms with Gasteiger partial charge in [-0.15, -0.1) is 0 Å². The Hall–Kier alpha value is -3.02. The molecule has 3 rings (SSSR count). The Morgan fingerprint density at radius 3 is 2.57 bits per heavy atom. The van der Waals surface area contributed by atoms with E-state index in [4.69, 9.17) is 14.5 Å². The van der Waals surface area contributed by atoms with Gasteiger partial charge in [0.25, 0.3) is 0 Å². The zero-order valence-corrected chi connectivity index (χ0v) is 17.9. The van der Waals surface area contributed by atoms with Crippen molar-refractivity contribution >= 4 is 16.9 Å². The van der Waals surface area contributed by atoms with Crippen LogP contribution in [0.3, 0.4) is 0 Å². The summed E-state index contributed by atoms with van der Waals surface area (Å²) >= 11 is 0. The highest BCUT2D eigenvalue weighted by molar-refractivity contribution is 5.75. The third kappa shape index (κ3) is 5.99. The summed E-state index contributed by atoms with van der Waals surface area (Å²) in [4.78, 5) is 15.8. The summed E-state index contributed by atoms with van der Waals surface area (Å²) in [5.41, 5.74) is 2.21. The normalized spacial score (nSPS) is 10.9. The van der Waals surface area contributed by atoms with Crippen molar-refractivity contribution in [2.45, 2.75) is 45.6 Å². The number of benzene rings is 2. The van der Waals surface area contributed by atoms with E-state index in [1.54, 1.807) is 14.0 Å². The average Bonchev–Trinajstić information content (AvgIpc) is 3.11. The topological polar surface area (TPSA) is 65.4 Å². The van der Waals surface area contributed by atoms with Crippen molar-refractivity contribution in [1.82, 2.24) is 14.9 Å². The first kappa shape index (κ1) is 21.7. The zero-order chi connectivity index (χ0) is 21.2.